The van der Waals surface area contributed by atoms with Crippen LogP contribution in [0.15, 0.2) is 46.3 Å². The van der Waals surface area contributed by atoms with Crippen molar-refractivity contribution >= 4 is 25.8 Å². The van der Waals surface area contributed by atoms with Crippen molar-refractivity contribution in [3.63, 3.8) is 0 Å². The van der Waals surface area contributed by atoms with Gasteiger partial charge in [0.1, 0.15) is 19.8 Å². The monoisotopic (exact) mass is 628 g/mol. The standard InChI is InChI=1S/C10H17N3O.C10H16O.C8H6O3.C3H9N3Si.CH4/c1-7-3-4-9(5-10(7)14)8(2)6-12-13-11;1-7(2)9-5-4-8(3)10(11)6-9;9-7-5-3-1-2-4-6(5)8(10)11-7;1-7(2,3)6-5-4;/h7-9H,3-6H2,1-2H3;8-9H,1,4-6H2,2-3H3;1-4,7,9H;1-3H3;1H4/t7-,8?,9-;8-,9-;;;/m11.../s1. The van der Waals surface area contributed by atoms with Gasteiger partial charge in [-0.05, 0) is 72.4 Å². The molecule has 2 saturated carbocycles. The number of ketones is 2. The first-order valence-corrected chi connectivity index (χ1v) is 18.3. The fourth-order valence-corrected chi connectivity index (χ4v) is 5.09. The van der Waals surface area contributed by atoms with Crippen molar-refractivity contribution in [1.29, 1.82) is 0 Å². The third-order valence-corrected chi connectivity index (χ3v) is 8.56. The van der Waals surface area contributed by atoms with Crippen molar-refractivity contribution in [2.75, 3.05) is 6.54 Å². The first-order chi connectivity index (χ1) is 20.1. The van der Waals surface area contributed by atoms with Crippen LogP contribution in [0.3, 0.4) is 0 Å². The Balaban J connectivity index is 0.000000570. The fourth-order valence-electron chi connectivity index (χ4n) is 4.83. The molecule has 2 fully saturated rings. The molecule has 1 N–H and O–H groups in total. The number of nitrogens with zero attached hydrogens (tertiary/aromatic N) is 6. The predicted octanol–water partition coefficient (Wildman–Crippen LogP) is 9.12. The minimum Gasteiger partial charge on any atom is -0.428 e. The highest BCUT2D eigenvalue weighted by atomic mass is 28.3. The highest BCUT2D eigenvalue weighted by molar-refractivity contribution is 6.74. The molecule has 0 radical (unpaired) electrons. The Bertz CT molecular complexity index is 1220. The van der Waals surface area contributed by atoms with Crippen LogP contribution in [0.1, 0.15) is 95.9 Å². The fraction of sp³-hybridized carbons (Fsp3) is 0.656. The maximum absolute atomic E-state index is 11.5. The summed E-state index contributed by atoms with van der Waals surface area (Å²) in [7, 11) is -1.45. The van der Waals surface area contributed by atoms with Crippen LogP contribution in [0.5, 0.6) is 0 Å². The second-order valence-corrected chi connectivity index (χ2v) is 17.2. The Morgan fingerprint density at radius 1 is 1.02 bits per heavy atom. The van der Waals surface area contributed by atoms with Gasteiger partial charge in [0.2, 0.25) is 6.29 Å². The summed E-state index contributed by atoms with van der Waals surface area (Å²) >= 11 is 0. The second kappa shape index (κ2) is 19.8. The van der Waals surface area contributed by atoms with E-state index in [4.69, 9.17) is 16.2 Å². The average molecular weight is 629 g/mol. The number of aliphatic hydroxyl groups is 1. The van der Waals surface area contributed by atoms with Gasteiger partial charge in [0, 0.05) is 41.7 Å². The van der Waals surface area contributed by atoms with E-state index in [0.29, 0.717) is 59.3 Å². The van der Waals surface area contributed by atoms with Crippen molar-refractivity contribution < 1.29 is 24.2 Å². The van der Waals surface area contributed by atoms with Gasteiger partial charge in [-0.25, -0.2) is 4.79 Å². The van der Waals surface area contributed by atoms with Crippen LogP contribution in [0.2, 0.25) is 19.6 Å². The van der Waals surface area contributed by atoms with Gasteiger partial charge in [-0.15, -0.1) is 4.78 Å². The summed E-state index contributed by atoms with van der Waals surface area (Å²) in [4.78, 5) is 39.1. The summed E-state index contributed by atoms with van der Waals surface area (Å²) in [6, 6.07) is 6.79. The van der Waals surface area contributed by atoms with E-state index < -0.39 is 20.5 Å². The molecule has 2 aliphatic carbocycles. The number of allylic oxidation sites excluding steroid dienone is 1. The molecule has 1 heterocycles. The SMILES string of the molecule is C.C=C(C)[C@@H]1CC[C@@H](C)C(=O)C1.CC(CN=[N+]=[N-])[C@@H]1CC[C@@H](C)C(=O)C1.C[Si](C)(C)N=[N+]=[N-].O=C1OC(O)c2ccccc21. The quantitative estimate of drug-likeness (QED) is 0.0851. The molecule has 0 spiro atoms. The zero-order chi connectivity index (χ0) is 32.7. The highest BCUT2D eigenvalue weighted by Crippen LogP contribution is 2.31. The van der Waals surface area contributed by atoms with Crippen molar-refractivity contribution in [2.24, 2.45) is 39.5 Å². The summed E-state index contributed by atoms with van der Waals surface area (Å²) < 4.78 is 8.12. The molecule has 2 unspecified atom stereocenters. The van der Waals surface area contributed by atoms with Gasteiger partial charge >= 0.3 is 5.97 Å². The van der Waals surface area contributed by atoms with E-state index in [9.17, 15) is 14.4 Å². The number of ether oxygens (including phenoxy) is 1. The molecule has 0 aromatic heterocycles. The number of benzene rings is 1. The lowest BCUT2D eigenvalue weighted by Crippen LogP contribution is -2.27. The third kappa shape index (κ3) is 14.4. The number of carbonyl (C=O) groups excluding carboxylic acids is 3. The second-order valence-electron chi connectivity index (χ2n) is 12.7. The molecule has 3 aliphatic rings. The number of esters is 1. The normalized spacial score (nSPS) is 24.3. The van der Waals surface area contributed by atoms with E-state index in [1.807, 2.05) is 40.4 Å². The van der Waals surface area contributed by atoms with Crippen LogP contribution in [0, 0.1) is 29.6 Å². The number of azide groups is 2. The molecule has 0 amide bonds. The average Bonchev–Trinajstić information content (AvgIpc) is 3.24. The third-order valence-electron chi connectivity index (χ3n) is 7.87. The number of carbonyl (C=O) groups is 3. The summed E-state index contributed by atoms with van der Waals surface area (Å²) in [5, 5.41) is 12.7. The van der Waals surface area contributed by atoms with E-state index in [1.165, 1.54) is 5.57 Å². The van der Waals surface area contributed by atoms with E-state index in [1.54, 1.807) is 24.3 Å². The first kappa shape index (κ1) is 40.6. The molecule has 11 nitrogen and oxygen atoms in total. The van der Waals surface area contributed by atoms with Crippen LogP contribution in [0.25, 0.3) is 20.9 Å². The lowest BCUT2D eigenvalue weighted by molar-refractivity contribution is -0.126. The number of Topliss-reactive ketones (excluding diaryl/α,β-unsaturated/α-hetero) is 2. The number of cyclic esters (lactones) is 1. The summed E-state index contributed by atoms with van der Waals surface area (Å²) in [6.45, 7) is 18.5. The zero-order valence-electron chi connectivity index (χ0n) is 26.7. The topological polar surface area (TPSA) is 178 Å². The van der Waals surface area contributed by atoms with Crippen LogP contribution < -0.4 is 0 Å². The van der Waals surface area contributed by atoms with E-state index >= 15 is 0 Å². The molecule has 44 heavy (non-hydrogen) atoms. The summed E-state index contributed by atoms with van der Waals surface area (Å²) in [5.41, 5.74) is 18.3. The molecular weight excluding hydrogens is 576 g/mol. The number of aliphatic hydroxyl groups excluding tert-OH is 1. The Morgan fingerprint density at radius 2 is 1.59 bits per heavy atom. The molecule has 1 aromatic rings. The Labute approximate surface area is 263 Å². The lowest BCUT2D eigenvalue weighted by Gasteiger charge is -2.28. The van der Waals surface area contributed by atoms with Gasteiger partial charge in [0.15, 0.2) is 0 Å². The summed E-state index contributed by atoms with van der Waals surface area (Å²) in [5.74, 6) is 2.10. The first-order valence-electron chi connectivity index (χ1n) is 14.9. The van der Waals surface area contributed by atoms with Crippen molar-refractivity contribution in [3.05, 3.63) is 68.4 Å². The highest BCUT2D eigenvalue weighted by Gasteiger charge is 2.29. The van der Waals surface area contributed by atoms with Crippen molar-refractivity contribution in [2.45, 2.75) is 99.6 Å². The molecule has 1 aliphatic heterocycles. The van der Waals surface area contributed by atoms with Gasteiger partial charge in [0.05, 0.1) is 5.56 Å². The van der Waals surface area contributed by atoms with Crippen LogP contribution in [-0.4, -0.2) is 37.4 Å². The van der Waals surface area contributed by atoms with Gasteiger partial charge < -0.3 is 9.84 Å². The van der Waals surface area contributed by atoms with Gasteiger partial charge in [0.25, 0.3) is 0 Å². The zero-order valence-corrected chi connectivity index (χ0v) is 27.7. The molecule has 4 rings (SSSR count). The van der Waals surface area contributed by atoms with Crippen LogP contribution >= 0.6 is 0 Å². The number of hydrogen-bond donors (Lipinski definition) is 1. The molecule has 6 atom stereocenters. The van der Waals surface area contributed by atoms with E-state index in [0.717, 1.165) is 32.1 Å². The van der Waals surface area contributed by atoms with Gasteiger partial charge in [-0.3, -0.25) is 9.59 Å². The number of hydrogen-bond acceptors (Lipinski definition) is 7. The van der Waals surface area contributed by atoms with Gasteiger partial charge in [-0.1, -0.05) is 83.3 Å². The summed E-state index contributed by atoms with van der Waals surface area (Å²) in [6.07, 6.45) is 4.62. The Kier molecular flexibility index (Phi) is 18.2. The van der Waals surface area contributed by atoms with Gasteiger partial charge in [-0.2, -0.15) is 0 Å². The maximum atomic E-state index is 11.5. The Morgan fingerprint density at radius 3 is 2.05 bits per heavy atom. The molecule has 244 valence electrons. The number of rotatable bonds is 5. The van der Waals surface area contributed by atoms with Crippen LogP contribution in [-0.2, 0) is 14.3 Å². The van der Waals surface area contributed by atoms with E-state index in [-0.39, 0.29) is 13.3 Å². The van der Waals surface area contributed by atoms with Crippen molar-refractivity contribution in [3.8, 4) is 0 Å². The van der Waals surface area contributed by atoms with Crippen molar-refractivity contribution in [1.82, 2.24) is 0 Å². The van der Waals surface area contributed by atoms with E-state index in [2.05, 4.69) is 38.0 Å². The molecular formula is C32H52N6O5Si. The van der Waals surface area contributed by atoms with Crippen LogP contribution in [0.4, 0.5) is 0 Å². The number of fused-ring (bicyclic) bond motifs is 1. The Hall–Kier alpha value is -3.43. The predicted molar refractivity (Wildman–Crippen MR) is 177 cm³/mol. The molecule has 0 saturated heterocycles. The molecule has 0 bridgehead atoms. The molecule has 12 heteroatoms. The smallest absolute Gasteiger partial charge is 0.341 e. The maximum Gasteiger partial charge on any atom is 0.341 e. The largest absolute Gasteiger partial charge is 0.428 e. The molecule has 1 aromatic carbocycles. The minimum absolute atomic E-state index is 0. The lowest BCUT2D eigenvalue weighted by atomic mass is 9.76. The minimum atomic E-state index is -1.45.